The van der Waals surface area contributed by atoms with E-state index in [-0.39, 0.29) is 6.54 Å². The average molecular weight is 601 g/mol. The lowest BCUT2D eigenvalue weighted by molar-refractivity contribution is 0.261. The molecule has 0 unspecified atom stereocenters. The molecule has 13 heteroatoms. The van der Waals surface area contributed by atoms with E-state index in [0.29, 0.717) is 51.7 Å². The molecule has 6 aromatic rings. The first-order chi connectivity index (χ1) is 20.6. The zero-order chi connectivity index (χ0) is 30.1. The molecule has 3 N–H and O–H groups in total. The molecule has 0 amide bonds. The summed E-state index contributed by atoms with van der Waals surface area (Å²) in [5.41, 5.74) is 6.63. The molecule has 0 bridgehead atoms. The minimum absolute atomic E-state index is 0.0237. The number of fused-ring (bicyclic) bond motifs is 2. The second-order valence-electron chi connectivity index (χ2n) is 10.5. The standard InChI is InChI=1S/C30H29FN8O3S/c1-39(2)8-9-42-22-13-20(16-32-17-22)25-4-5-26-28(35-25)29(38-37-26)27-14-24-23(6-7-33-30(24)36-27)19-10-18(11-21(31)12-19)15-34-43(3,40)41/h4-7,10-14,16-17,34H,8-9,15H2,1-3H3,(H,33,36)(H,37,38). The summed E-state index contributed by atoms with van der Waals surface area (Å²) < 4.78 is 46.0. The second-order valence-corrected chi connectivity index (χ2v) is 12.3. The monoisotopic (exact) mass is 600 g/mol. The highest BCUT2D eigenvalue weighted by molar-refractivity contribution is 7.88. The van der Waals surface area contributed by atoms with Gasteiger partial charge in [-0.1, -0.05) is 0 Å². The Hall–Kier alpha value is -4.72. The van der Waals surface area contributed by atoms with Gasteiger partial charge in [0.1, 0.15) is 35.0 Å². The number of likely N-dealkylation sites (N-methyl/N-ethyl adjacent to an activating group) is 1. The Balaban J connectivity index is 1.35. The molecule has 0 spiro atoms. The van der Waals surface area contributed by atoms with Gasteiger partial charge in [0.25, 0.3) is 0 Å². The predicted octanol–water partition coefficient (Wildman–Crippen LogP) is 4.36. The van der Waals surface area contributed by atoms with E-state index in [0.717, 1.165) is 34.8 Å². The molecule has 5 aromatic heterocycles. The van der Waals surface area contributed by atoms with Gasteiger partial charge >= 0.3 is 0 Å². The lowest BCUT2D eigenvalue weighted by atomic mass is 10.0. The van der Waals surface area contributed by atoms with Crippen LogP contribution in [0.4, 0.5) is 4.39 Å². The number of halogens is 1. The Morgan fingerprint density at radius 3 is 2.72 bits per heavy atom. The average Bonchev–Trinajstić information content (AvgIpc) is 3.59. The lowest BCUT2D eigenvalue weighted by Gasteiger charge is -2.11. The maximum Gasteiger partial charge on any atom is 0.209 e. The molecule has 0 saturated carbocycles. The van der Waals surface area contributed by atoms with E-state index in [1.54, 1.807) is 30.7 Å². The van der Waals surface area contributed by atoms with Crippen LogP contribution in [0, 0.1) is 5.82 Å². The summed E-state index contributed by atoms with van der Waals surface area (Å²) in [4.78, 5) is 19.1. The number of H-pyrrole nitrogens is 2. The van der Waals surface area contributed by atoms with Crippen LogP contribution in [0.2, 0.25) is 0 Å². The van der Waals surface area contributed by atoms with Crippen LogP contribution in [-0.4, -0.2) is 77.0 Å². The zero-order valence-corrected chi connectivity index (χ0v) is 24.5. The van der Waals surface area contributed by atoms with Crippen LogP contribution < -0.4 is 9.46 Å². The third-order valence-electron chi connectivity index (χ3n) is 6.82. The van der Waals surface area contributed by atoms with Gasteiger partial charge in [0.15, 0.2) is 0 Å². The third kappa shape index (κ3) is 6.38. The first-order valence-electron chi connectivity index (χ1n) is 13.4. The predicted molar refractivity (Wildman–Crippen MR) is 163 cm³/mol. The number of sulfonamides is 1. The van der Waals surface area contributed by atoms with Crippen molar-refractivity contribution in [3.63, 3.8) is 0 Å². The van der Waals surface area contributed by atoms with E-state index in [4.69, 9.17) is 9.72 Å². The van der Waals surface area contributed by atoms with Gasteiger partial charge in [0, 0.05) is 36.4 Å². The lowest BCUT2D eigenvalue weighted by Crippen LogP contribution is -2.21. The molecule has 0 atom stereocenters. The van der Waals surface area contributed by atoms with Gasteiger partial charge in [-0.25, -0.2) is 27.5 Å². The van der Waals surface area contributed by atoms with Crippen LogP contribution in [0.3, 0.4) is 0 Å². The van der Waals surface area contributed by atoms with Gasteiger partial charge in [0.2, 0.25) is 10.0 Å². The molecular formula is C30H29FN8O3S. The summed E-state index contributed by atoms with van der Waals surface area (Å²) >= 11 is 0. The van der Waals surface area contributed by atoms with Crippen molar-refractivity contribution in [1.82, 2.24) is 39.8 Å². The highest BCUT2D eigenvalue weighted by atomic mass is 32.2. The molecule has 0 aliphatic carbocycles. The number of hydrogen-bond acceptors (Lipinski definition) is 8. The Morgan fingerprint density at radius 1 is 1.05 bits per heavy atom. The fraction of sp³-hybridized carbons (Fsp3) is 0.200. The second kappa shape index (κ2) is 11.5. The van der Waals surface area contributed by atoms with Crippen LogP contribution in [0.5, 0.6) is 5.75 Å². The maximum absolute atomic E-state index is 14.6. The van der Waals surface area contributed by atoms with Crippen molar-refractivity contribution in [3.05, 3.63) is 78.5 Å². The number of nitrogens with zero attached hydrogens (tertiary/aromatic N) is 5. The summed E-state index contributed by atoms with van der Waals surface area (Å²) in [6.45, 7) is 1.31. The Bertz CT molecular complexity index is 2060. The van der Waals surface area contributed by atoms with Crippen molar-refractivity contribution >= 4 is 32.1 Å². The Kier molecular flexibility index (Phi) is 7.61. The third-order valence-corrected chi connectivity index (χ3v) is 7.49. The molecule has 0 saturated heterocycles. The molecule has 1 aromatic carbocycles. The number of nitrogens with one attached hydrogen (secondary N) is 3. The topological polar surface area (TPSA) is 142 Å². The number of hydrogen-bond donors (Lipinski definition) is 3. The minimum atomic E-state index is -3.43. The number of aromatic amines is 2. The first kappa shape index (κ1) is 28.4. The van der Waals surface area contributed by atoms with Gasteiger partial charge in [-0.15, -0.1) is 0 Å². The quantitative estimate of drug-likeness (QED) is 0.211. The Labute approximate surface area is 247 Å². The largest absolute Gasteiger partial charge is 0.491 e. The summed E-state index contributed by atoms with van der Waals surface area (Å²) in [7, 11) is 0.547. The highest BCUT2D eigenvalue weighted by Gasteiger charge is 2.17. The molecule has 5 heterocycles. The molecule has 220 valence electrons. The van der Waals surface area contributed by atoms with Crippen molar-refractivity contribution < 1.29 is 17.5 Å². The van der Waals surface area contributed by atoms with Gasteiger partial charge in [-0.05, 0) is 79.3 Å². The molecule has 43 heavy (non-hydrogen) atoms. The molecule has 0 radical (unpaired) electrons. The van der Waals surface area contributed by atoms with E-state index in [9.17, 15) is 12.8 Å². The molecule has 11 nitrogen and oxygen atoms in total. The highest BCUT2D eigenvalue weighted by Crippen LogP contribution is 2.34. The van der Waals surface area contributed by atoms with Crippen LogP contribution >= 0.6 is 0 Å². The number of pyridine rings is 3. The van der Waals surface area contributed by atoms with Gasteiger partial charge in [-0.2, -0.15) is 5.10 Å². The normalized spacial score (nSPS) is 12.0. The first-order valence-corrected chi connectivity index (χ1v) is 15.3. The SMILES string of the molecule is CN(C)CCOc1cncc(-c2ccc3[nH]nc(-c4cc5c(-c6cc(F)cc(CNS(C)(=O)=O)c6)ccnc5[nH]4)c3n2)c1. The van der Waals surface area contributed by atoms with Crippen LogP contribution in [-0.2, 0) is 16.6 Å². The molecule has 0 aliphatic heterocycles. The molecular weight excluding hydrogens is 571 g/mol. The van der Waals surface area contributed by atoms with Crippen molar-refractivity contribution in [1.29, 1.82) is 0 Å². The number of rotatable bonds is 10. The van der Waals surface area contributed by atoms with Crippen molar-refractivity contribution in [2.45, 2.75) is 6.54 Å². The van der Waals surface area contributed by atoms with Gasteiger partial charge < -0.3 is 14.6 Å². The zero-order valence-electron chi connectivity index (χ0n) is 23.7. The fourth-order valence-corrected chi connectivity index (χ4v) is 5.19. The number of benzene rings is 1. The molecule has 6 rings (SSSR count). The van der Waals surface area contributed by atoms with E-state index in [2.05, 4.69) is 29.9 Å². The van der Waals surface area contributed by atoms with E-state index in [1.807, 2.05) is 43.3 Å². The molecule has 0 aliphatic rings. The van der Waals surface area contributed by atoms with E-state index >= 15 is 0 Å². The van der Waals surface area contributed by atoms with Crippen LogP contribution in [0.1, 0.15) is 5.56 Å². The van der Waals surface area contributed by atoms with Crippen LogP contribution in [0.15, 0.2) is 67.1 Å². The fourth-order valence-electron chi connectivity index (χ4n) is 4.76. The summed E-state index contributed by atoms with van der Waals surface area (Å²) in [5.74, 6) is 0.190. The van der Waals surface area contributed by atoms with E-state index in [1.165, 1.54) is 12.1 Å². The number of ether oxygens (including phenoxy) is 1. The Morgan fingerprint density at radius 2 is 1.91 bits per heavy atom. The van der Waals surface area contributed by atoms with Crippen molar-refractivity contribution in [2.24, 2.45) is 0 Å². The minimum Gasteiger partial charge on any atom is -0.491 e. The van der Waals surface area contributed by atoms with Crippen molar-refractivity contribution in [2.75, 3.05) is 33.5 Å². The summed E-state index contributed by atoms with van der Waals surface area (Å²) in [5, 5.41) is 8.33. The van der Waals surface area contributed by atoms with Crippen molar-refractivity contribution in [3.8, 4) is 39.5 Å². The number of aromatic nitrogens is 6. The molecule has 0 fully saturated rings. The summed E-state index contributed by atoms with van der Waals surface area (Å²) in [6.07, 6.45) is 6.12. The maximum atomic E-state index is 14.6. The van der Waals surface area contributed by atoms with Gasteiger partial charge in [0.05, 0.1) is 29.4 Å². The van der Waals surface area contributed by atoms with Gasteiger partial charge in [-0.3, -0.25) is 10.1 Å². The van der Waals surface area contributed by atoms with Crippen LogP contribution in [0.25, 0.3) is 55.8 Å². The van der Waals surface area contributed by atoms with E-state index < -0.39 is 15.8 Å². The smallest absolute Gasteiger partial charge is 0.209 e. The summed E-state index contributed by atoms with van der Waals surface area (Å²) in [6, 6.07) is 13.9.